The lowest BCUT2D eigenvalue weighted by molar-refractivity contribution is 0.0240. The van der Waals surface area contributed by atoms with Crippen molar-refractivity contribution >= 4 is 0 Å². The smallest absolute Gasteiger partial charge is 0.232 e. The molecule has 0 spiro atoms. The van der Waals surface area contributed by atoms with Gasteiger partial charge in [0.05, 0.1) is 12.6 Å². The number of aliphatic hydroxyl groups excluding tert-OH is 2. The molecular weight excluding hydrogens is 212 g/mol. The molecule has 0 aliphatic heterocycles. The minimum Gasteiger partial charge on any atom is -0.390 e. The molecule has 0 aliphatic carbocycles. The standard InChI is InChI=1S/C8H8N6O2/c9-1-7-11-2-5(3-12-7)8(16)6(15)4-13-14-10/h2-3,6,8,15-16H,4H2. The zero-order chi connectivity index (χ0) is 12.0. The van der Waals surface area contributed by atoms with E-state index in [0.717, 1.165) is 0 Å². The first-order valence-corrected chi connectivity index (χ1v) is 4.28. The van der Waals surface area contributed by atoms with E-state index in [1.807, 2.05) is 0 Å². The Kier molecular flexibility index (Phi) is 4.17. The maximum atomic E-state index is 9.58. The predicted octanol–water partition coefficient (Wildman–Crippen LogP) is 0.0529. The van der Waals surface area contributed by atoms with E-state index in [9.17, 15) is 10.2 Å². The van der Waals surface area contributed by atoms with Gasteiger partial charge < -0.3 is 10.2 Å². The fourth-order valence-corrected chi connectivity index (χ4v) is 0.991. The Morgan fingerprint density at radius 1 is 1.50 bits per heavy atom. The van der Waals surface area contributed by atoms with Gasteiger partial charge in [0.1, 0.15) is 12.2 Å². The molecule has 16 heavy (non-hydrogen) atoms. The van der Waals surface area contributed by atoms with Crippen molar-refractivity contribution in [2.45, 2.75) is 12.2 Å². The predicted molar refractivity (Wildman–Crippen MR) is 51.7 cm³/mol. The van der Waals surface area contributed by atoms with Gasteiger partial charge in [-0.05, 0) is 5.53 Å². The van der Waals surface area contributed by atoms with Crippen molar-refractivity contribution in [3.63, 3.8) is 0 Å². The van der Waals surface area contributed by atoms with Crippen LogP contribution in [0.2, 0.25) is 0 Å². The second kappa shape index (κ2) is 5.63. The van der Waals surface area contributed by atoms with Crippen LogP contribution in [0.15, 0.2) is 17.5 Å². The summed E-state index contributed by atoms with van der Waals surface area (Å²) in [6.45, 7) is -0.252. The summed E-state index contributed by atoms with van der Waals surface area (Å²) in [6, 6.07) is 1.72. The van der Waals surface area contributed by atoms with Gasteiger partial charge in [0, 0.05) is 22.9 Å². The highest BCUT2D eigenvalue weighted by molar-refractivity contribution is 5.15. The third-order valence-electron chi connectivity index (χ3n) is 1.81. The molecule has 2 N–H and O–H groups in total. The van der Waals surface area contributed by atoms with Crippen molar-refractivity contribution < 1.29 is 10.2 Å². The third kappa shape index (κ3) is 2.90. The van der Waals surface area contributed by atoms with E-state index in [1.54, 1.807) is 6.07 Å². The highest BCUT2D eigenvalue weighted by Crippen LogP contribution is 2.15. The first kappa shape index (κ1) is 11.9. The number of aliphatic hydroxyl groups is 2. The molecule has 0 aromatic carbocycles. The van der Waals surface area contributed by atoms with Crippen molar-refractivity contribution in [3.8, 4) is 6.07 Å². The number of nitrogens with zero attached hydrogens (tertiary/aromatic N) is 6. The summed E-state index contributed by atoms with van der Waals surface area (Å²) < 4.78 is 0. The lowest BCUT2D eigenvalue weighted by Gasteiger charge is -2.14. The largest absolute Gasteiger partial charge is 0.390 e. The summed E-state index contributed by atoms with van der Waals surface area (Å²) in [5.41, 5.74) is 8.29. The Morgan fingerprint density at radius 2 is 2.12 bits per heavy atom. The number of hydrogen-bond donors (Lipinski definition) is 2. The summed E-state index contributed by atoms with van der Waals surface area (Å²) >= 11 is 0. The van der Waals surface area contributed by atoms with Gasteiger partial charge in [-0.1, -0.05) is 5.11 Å². The fourth-order valence-electron chi connectivity index (χ4n) is 0.991. The normalized spacial score (nSPS) is 13.3. The SMILES string of the molecule is N#Cc1ncc(C(O)C(O)CN=[N+]=[N-])cn1. The van der Waals surface area contributed by atoms with E-state index < -0.39 is 12.2 Å². The molecule has 1 rings (SSSR count). The highest BCUT2D eigenvalue weighted by atomic mass is 16.3. The fraction of sp³-hybridized carbons (Fsp3) is 0.375. The van der Waals surface area contributed by atoms with Crippen molar-refractivity contribution in [2.75, 3.05) is 6.54 Å². The molecule has 2 atom stereocenters. The Hall–Kier alpha value is -2.20. The van der Waals surface area contributed by atoms with Gasteiger partial charge in [0.15, 0.2) is 0 Å². The van der Waals surface area contributed by atoms with Gasteiger partial charge in [0.25, 0.3) is 0 Å². The Morgan fingerprint density at radius 3 is 2.62 bits per heavy atom. The number of aromatic nitrogens is 2. The van der Waals surface area contributed by atoms with Crippen LogP contribution in [0.5, 0.6) is 0 Å². The van der Waals surface area contributed by atoms with Crippen LogP contribution in [0.3, 0.4) is 0 Å². The first-order valence-electron chi connectivity index (χ1n) is 4.28. The van der Waals surface area contributed by atoms with Crippen molar-refractivity contribution in [2.24, 2.45) is 5.11 Å². The van der Waals surface area contributed by atoms with Crippen molar-refractivity contribution in [3.05, 3.63) is 34.2 Å². The van der Waals surface area contributed by atoms with E-state index in [2.05, 4.69) is 20.0 Å². The molecular formula is C8H8N6O2. The maximum absolute atomic E-state index is 9.58. The zero-order valence-corrected chi connectivity index (χ0v) is 8.09. The maximum Gasteiger partial charge on any atom is 0.232 e. The average Bonchev–Trinajstić information content (AvgIpc) is 2.35. The average molecular weight is 220 g/mol. The Bertz CT molecular complexity index is 433. The van der Waals surface area contributed by atoms with Crippen molar-refractivity contribution in [1.29, 1.82) is 5.26 Å². The van der Waals surface area contributed by atoms with Gasteiger partial charge in [-0.2, -0.15) is 5.26 Å². The van der Waals surface area contributed by atoms with Gasteiger partial charge >= 0.3 is 0 Å². The van der Waals surface area contributed by atoms with Crippen LogP contribution in [-0.4, -0.2) is 32.8 Å². The summed E-state index contributed by atoms with van der Waals surface area (Å²) in [6.07, 6.45) is -0.0175. The van der Waals surface area contributed by atoms with E-state index in [-0.39, 0.29) is 17.9 Å². The van der Waals surface area contributed by atoms with Crippen LogP contribution in [0.4, 0.5) is 0 Å². The summed E-state index contributed by atoms with van der Waals surface area (Å²) in [5, 5.41) is 30.6. The summed E-state index contributed by atoms with van der Waals surface area (Å²) in [7, 11) is 0. The van der Waals surface area contributed by atoms with Crippen molar-refractivity contribution in [1.82, 2.24) is 9.97 Å². The molecule has 1 aromatic heterocycles. The van der Waals surface area contributed by atoms with E-state index in [0.29, 0.717) is 0 Å². The zero-order valence-electron chi connectivity index (χ0n) is 8.09. The molecule has 0 amide bonds. The third-order valence-corrected chi connectivity index (χ3v) is 1.81. The lowest BCUT2D eigenvalue weighted by atomic mass is 10.1. The molecule has 0 aliphatic rings. The molecule has 0 saturated heterocycles. The first-order chi connectivity index (χ1) is 7.69. The van der Waals surface area contributed by atoms with E-state index >= 15 is 0 Å². The Labute approximate surface area is 90.4 Å². The molecule has 1 heterocycles. The van der Waals surface area contributed by atoms with Gasteiger partial charge in [-0.15, -0.1) is 0 Å². The molecule has 8 nitrogen and oxygen atoms in total. The van der Waals surface area contributed by atoms with Gasteiger partial charge in [0.2, 0.25) is 5.82 Å². The summed E-state index contributed by atoms with van der Waals surface area (Å²) in [5.74, 6) is -0.0273. The lowest BCUT2D eigenvalue weighted by Crippen LogP contribution is -2.21. The van der Waals surface area contributed by atoms with Crippen LogP contribution in [-0.2, 0) is 0 Å². The molecule has 0 saturated carbocycles. The highest BCUT2D eigenvalue weighted by Gasteiger charge is 2.18. The van der Waals surface area contributed by atoms with Crippen LogP contribution in [0.1, 0.15) is 17.5 Å². The monoisotopic (exact) mass is 220 g/mol. The van der Waals surface area contributed by atoms with Crippen LogP contribution >= 0.6 is 0 Å². The van der Waals surface area contributed by atoms with E-state index in [4.69, 9.17) is 10.8 Å². The van der Waals surface area contributed by atoms with Crippen LogP contribution in [0.25, 0.3) is 10.4 Å². The summed E-state index contributed by atoms with van der Waals surface area (Å²) in [4.78, 5) is 9.73. The quantitative estimate of drug-likeness (QED) is 0.419. The van der Waals surface area contributed by atoms with Gasteiger partial charge in [-0.25, -0.2) is 9.97 Å². The topological polar surface area (TPSA) is 139 Å². The number of azide groups is 1. The molecule has 0 fully saturated rings. The molecule has 2 unspecified atom stereocenters. The van der Waals surface area contributed by atoms with Gasteiger partial charge in [-0.3, -0.25) is 0 Å². The van der Waals surface area contributed by atoms with Crippen LogP contribution in [0, 0.1) is 11.3 Å². The molecule has 0 bridgehead atoms. The minimum absolute atomic E-state index is 0.0273. The Balaban J connectivity index is 2.75. The molecule has 82 valence electrons. The number of hydrogen-bond acceptors (Lipinski definition) is 6. The molecule has 1 aromatic rings. The second-order valence-corrected chi connectivity index (χ2v) is 2.88. The number of rotatable bonds is 4. The number of nitriles is 1. The second-order valence-electron chi connectivity index (χ2n) is 2.88. The van der Waals surface area contributed by atoms with E-state index in [1.165, 1.54) is 12.4 Å². The minimum atomic E-state index is -1.25. The molecule has 8 heteroatoms. The van der Waals surface area contributed by atoms with Crippen LogP contribution < -0.4 is 0 Å². The molecule has 0 radical (unpaired) electrons.